The molecule has 0 aliphatic rings. The van der Waals surface area contributed by atoms with Gasteiger partial charge in [-0.1, -0.05) is 206 Å². The zero-order valence-corrected chi connectivity index (χ0v) is 31.2. The first-order valence-electron chi connectivity index (χ1n) is 19.8. The second-order valence-electron chi connectivity index (χ2n) is 15.0. The van der Waals surface area contributed by atoms with E-state index >= 15 is 0 Å². The Kier molecular flexibility index (Phi) is 37.7. The Hall–Kier alpha value is 0.250. The van der Waals surface area contributed by atoms with Crippen molar-refractivity contribution >= 4 is 0 Å². The van der Waals surface area contributed by atoms with Crippen molar-refractivity contribution in [3.63, 3.8) is 0 Å². The Morgan fingerprint density at radius 1 is 0.286 bits per heavy atom. The number of quaternary nitrogens is 1. The largest absolute Gasteiger partial charge is 1.00 e. The highest BCUT2D eigenvalue weighted by Gasteiger charge is 2.22. The van der Waals surface area contributed by atoms with Crippen molar-refractivity contribution < 1.29 is 16.9 Å². The van der Waals surface area contributed by atoms with Crippen LogP contribution < -0.4 is 12.4 Å². The number of rotatable bonds is 35. The zero-order valence-electron chi connectivity index (χ0n) is 30.4. The Balaban J connectivity index is 0. The van der Waals surface area contributed by atoms with E-state index in [1.54, 1.807) is 0 Å². The minimum atomic E-state index is 0. The summed E-state index contributed by atoms with van der Waals surface area (Å²) in [7, 11) is 7.30. The summed E-state index contributed by atoms with van der Waals surface area (Å²) in [6.45, 7) is 4.62. The molecule has 0 unspecified atom stereocenters. The lowest BCUT2D eigenvalue weighted by molar-refractivity contribution is -0.896. The molecule has 0 aromatic heterocycles. The van der Waals surface area contributed by atoms with Crippen molar-refractivity contribution in [2.75, 3.05) is 21.1 Å². The molecule has 0 aliphatic heterocycles. The van der Waals surface area contributed by atoms with E-state index in [0.717, 1.165) is 10.5 Å². The molecule has 0 aliphatic carbocycles. The SMILES string of the molecule is CCCCCCCCCCCCCCCCCCC(CCCCCCCCCCCCCCCCCC)[N+](C)(C)C.[Cl-]. The highest BCUT2D eigenvalue weighted by atomic mass is 35.5. The average molecular weight is 615 g/mol. The summed E-state index contributed by atoms with van der Waals surface area (Å²) >= 11 is 0. The molecule has 0 N–H and O–H groups in total. The van der Waals surface area contributed by atoms with Gasteiger partial charge in [-0.2, -0.15) is 0 Å². The minimum absolute atomic E-state index is 0. The van der Waals surface area contributed by atoms with Gasteiger partial charge in [0.05, 0.1) is 27.2 Å². The van der Waals surface area contributed by atoms with Gasteiger partial charge < -0.3 is 16.9 Å². The molecule has 0 radical (unpaired) electrons. The summed E-state index contributed by atoms with van der Waals surface area (Å²) < 4.78 is 1.16. The van der Waals surface area contributed by atoms with E-state index in [1.165, 1.54) is 218 Å². The van der Waals surface area contributed by atoms with Crippen LogP contribution in [0.5, 0.6) is 0 Å². The third-order valence-electron chi connectivity index (χ3n) is 9.88. The normalized spacial score (nSPS) is 11.9. The molecular weight excluding hydrogens is 530 g/mol. The fourth-order valence-corrected chi connectivity index (χ4v) is 6.78. The summed E-state index contributed by atoms with van der Waals surface area (Å²) in [5.41, 5.74) is 0. The standard InChI is InChI=1S/C40H84N.ClH/c1-6-8-10-12-14-16-18-20-22-24-26-28-30-32-34-36-38-40(41(3,4)5)39-37-35-33-31-29-27-25-23-21-19-17-15-13-11-9-7-2;/h40H,6-39H2,1-5H3;1H/q+1;/p-1. The van der Waals surface area contributed by atoms with E-state index in [0.29, 0.717) is 0 Å². The number of unbranched alkanes of at least 4 members (excludes halogenated alkanes) is 30. The van der Waals surface area contributed by atoms with E-state index in [2.05, 4.69) is 35.0 Å². The third-order valence-corrected chi connectivity index (χ3v) is 9.88. The number of hydrogen-bond acceptors (Lipinski definition) is 0. The molecule has 2 heteroatoms. The highest BCUT2D eigenvalue weighted by Crippen LogP contribution is 2.21. The highest BCUT2D eigenvalue weighted by molar-refractivity contribution is 4.61. The van der Waals surface area contributed by atoms with Gasteiger partial charge in [0.15, 0.2) is 0 Å². The van der Waals surface area contributed by atoms with Crippen molar-refractivity contribution in [2.45, 2.75) is 238 Å². The molecular formula is C40H84ClN. The lowest BCUT2D eigenvalue weighted by Crippen LogP contribution is -3.00. The van der Waals surface area contributed by atoms with Gasteiger partial charge in [-0.15, -0.1) is 0 Å². The van der Waals surface area contributed by atoms with E-state index in [4.69, 9.17) is 0 Å². The first kappa shape index (κ1) is 44.4. The Labute approximate surface area is 275 Å². The zero-order chi connectivity index (χ0) is 30.1. The average Bonchev–Trinajstić information content (AvgIpc) is 2.95. The monoisotopic (exact) mass is 614 g/mol. The van der Waals surface area contributed by atoms with Crippen LogP contribution >= 0.6 is 0 Å². The molecule has 0 aromatic carbocycles. The van der Waals surface area contributed by atoms with Crippen molar-refractivity contribution in [2.24, 2.45) is 0 Å². The predicted molar refractivity (Wildman–Crippen MR) is 190 cm³/mol. The van der Waals surface area contributed by atoms with Gasteiger partial charge in [-0.25, -0.2) is 0 Å². The van der Waals surface area contributed by atoms with Gasteiger partial charge in [0, 0.05) is 0 Å². The summed E-state index contributed by atoms with van der Waals surface area (Å²) in [6.07, 6.45) is 49.9. The van der Waals surface area contributed by atoms with Crippen LogP contribution in [-0.2, 0) is 0 Å². The topological polar surface area (TPSA) is 0 Å². The summed E-state index contributed by atoms with van der Waals surface area (Å²) in [5, 5.41) is 0. The Morgan fingerprint density at radius 3 is 0.619 bits per heavy atom. The first-order chi connectivity index (χ1) is 20.0. The van der Waals surface area contributed by atoms with Gasteiger partial charge in [0.25, 0.3) is 0 Å². The van der Waals surface area contributed by atoms with Crippen molar-refractivity contribution in [3.05, 3.63) is 0 Å². The molecule has 0 fully saturated rings. The maximum absolute atomic E-state index is 2.43. The molecule has 0 amide bonds. The maximum atomic E-state index is 2.43. The van der Waals surface area contributed by atoms with Crippen LogP contribution in [0.25, 0.3) is 0 Å². The van der Waals surface area contributed by atoms with Gasteiger partial charge in [0.2, 0.25) is 0 Å². The lowest BCUT2D eigenvalue weighted by Gasteiger charge is -2.34. The molecule has 0 saturated heterocycles. The third kappa shape index (κ3) is 34.7. The summed E-state index contributed by atoms with van der Waals surface area (Å²) in [5.74, 6) is 0. The van der Waals surface area contributed by atoms with Crippen LogP contribution in [0.4, 0.5) is 0 Å². The predicted octanol–water partition coefficient (Wildman–Crippen LogP) is 11.4. The molecule has 0 aromatic rings. The van der Waals surface area contributed by atoms with Crippen LogP contribution in [-0.4, -0.2) is 31.7 Å². The fourth-order valence-electron chi connectivity index (χ4n) is 6.78. The van der Waals surface area contributed by atoms with Crippen LogP contribution in [0.15, 0.2) is 0 Å². The molecule has 256 valence electrons. The quantitative estimate of drug-likeness (QED) is 0.0492. The Bertz CT molecular complexity index is 435. The van der Waals surface area contributed by atoms with E-state index in [-0.39, 0.29) is 12.4 Å². The van der Waals surface area contributed by atoms with Crippen LogP contribution in [0.1, 0.15) is 232 Å². The van der Waals surface area contributed by atoms with E-state index in [9.17, 15) is 0 Å². The summed E-state index contributed by atoms with van der Waals surface area (Å²) in [6, 6.07) is 0.869. The maximum Gasteiger partial charge on any atom is 0.0884 e. The second-order valence-corrected chi connectivity index (χ2v) is 15.0. The van der Waals surface area contributed by atoms with Gasteiger partial charge in [0.1, 0.15) is 0 Å². The van der Waals surface area contributed by atoms with Gasteiger partial charge in [-0.05, 0) is 25.7 Å². The lowest BCUT2D eigenvalue weighted by atomic mass is 9.97. The molecule has 0 saturated carbocycles. The van der Waals surface area contributed by atoms with E-state index in [1.807, 2.05) is 0 Å². The van der Waals surface area contributed by atoms with E-state index < -0.39 is 0 Å². The number of halogens is 1. The molecule has 0 spiro atoms. The van der Waals surface area contributed by atoms with Crippen LogP contribution in [0.2, 0.25) is 0 Å². The van der Waals surface area contributed by atoms with Crippen molar-refractivity contribution in [3.8, 4) is 0 Å². The fraction of sp³-hybridized carbons (Fsp3) is 1.00. The van der Waals surface area contributed by atoms with Crippen LogP contribution in [0.3, 0.4) is 0 Å². The molecule has 0 bridgehead atoms. The molecule has 0 rings (SSSR count). The smallest absolute Gasteiger partial charge is 0.0884 e. The number of nitrogens with zero attached hydrogens (tertiary/aromatic N) is 1. The molecule has 42 heavy (non-hydrogen) atoms. The first-order valence-corrected chi connectivity index (χ1v) is 19.8. The van der Waals surface area contributed by atoms with Crippen molar-refractivity contribution in [1.82, 2.24) is 0 Å². The molecule has 1 nitrogen and oxygen atoms in total. The number of hydrogen-bond donors (Lipinski definition) is 0. The van der Waals surface area contributed by atoms with Crippen LogP contribution in [0, 0.1) is 0 Å². The second kappa shape index (κ2) is 35.7. The van der Waals surface area contributed by atoms with Gasteiger partial charge in [-0.3, -0.25) is 0 Å². The minimum Gasteiger partial charge on any atom is -1.00 e. The molecule has 0 heterocycles. The van der Waals surface area contributed by atoms with Gasteiger partial charge >= 0.3 is 0 Å². The Morgan fingerprint density at radius 2 is 0.452 bits per heavy atom. The summed E-state index contributed by atoms with van der Waals surface area (Å²) in [4.78, 5) is 0. The van der Waals surface area contributed by atoms with Crippen molar-refractivity contribution in [1.29, 1.82) is 0 Å². The molecule has 0 atom stereocenters.